The highest BCUT2D eigenvalue weighted by atomic mass is 16.2. The zero-order valence-corrected chi connectivity index (χ0v) is 18.8. The second-order valence-electron chi connectivity index (χ2n) is 8.42. The Bertz CT molecular complexity index is 1320. The number of nitrogens with zero attached hydrogens (tertiary/aromatic N) is 4. The van der Waals surface area contributed by atoms with Gasteiger partial charge in [-0.15, -0.1) is 0 Å². The highest BCUT2D eigenvalue weighted by molar-refractivity contribution is 6.02. The van der Waals surface area contributed by atoms with Gasteiger partial charge < -0.3 is 14.8 Å². The summed E-state index contributed by atoms with van der Waals surface area (Å²) in [4.78, 5) is 19.5. The van der Waals surface area contributed by atoms with Crippen molar-refractivity contribution < 1.29 is 4.79 Å². The van der Waals surface area contributed by atoms with Gasteiger partial charge in [0, 0.05) is 31.4 Å². The lowest BCUT2D eigenvalue weighted by atomic mass is 10.0. The lowest BCUT2D eigenvalue weighted by Crippen LogP contribution is -2.38. The van der Waals surface area contributed by atoms with Crippen LogP contribution in [0.3, 0.4) is 0 Å². The molecule has 2 heterocycles. The van der Waals surface area contributed by atoms with E-state index in [1.807, 2.05) is 71.8 Å². The third kappa shape index (κ3) is 4.47. The molecule has 0 radical (unpaired) electrons. The predicted molar refractivity (Wildman–Crippen MR) is 132 cm³/mol. The monoisotopic (exact) mass is 447 g/mol. The number of anilines is 1. The molecule has 0 aliphatic carbocycles. The number of imidazole rings is 1. The van der Waals surface area contributed by atoms with Crippen LogP contribution in [0.2, 0.25) is 0 Å². The molecule has 4 aromatic rings. The number of amides is 1. The highest BCUT2D eigenvalue weighted by Gasteiger charge is 2.33. The Kier molecular flexibility index (Phi) is 6.19. The molecule has 0 saturated carbocycles. The van der Waals surface area contributed by atoms with Crippen LogP contribution >= 0.6 is 0 Å². The molecular formula is C28H25N5O. The molecule has 1 saturated heterocycles. The third-order valence-corrected chi connectivity index (χ3v) is 6.25. The van der Waals surface area contributed by atoms with Gasteiger partial charge >= 0.3 is 0 Å². The molecule has 5 rings (SSSR count). The van der Waals surface area contributed by atoms with Gasteiger partial charge in [-0.2, -0.15) is 5.26 Å². The van der Waals surface area contributed by atoms with E-state index in [2.05, 4.69) is 39.1 Å². The number of nitriles is 1. The number of para-hydroxylation sites is 1. The normalized spacial score (nSPS) is 15.4. The van der Waals surface area contributed by atoms with Crippen LogP contribution in [-0.2, 0) is 17.9 Å². The summed E-state index contributed by atoms with van der Waals surface area (Å²) in [6, 6.07) is 27.7. The number of aromatic nitrogens is 2. The van der Waals surface area contributed by atoms with Gasteiger partial charge in [0.25, 0.3) is 0 Å². The van der Waals surface area contributed by atoms with Crippen LogP contribution in [0.25, 0.3) is 11.1 Å². The van der Waals surface area contributed by atoms with Crippen LogP contribution in [0.4, 0.5) is 5.69 Å². The molecule has 1 aliphatic heterocycles. The second kappa shape index (κ2) is 9.74. The SMILES string of the molecule is N#Cc1ccc(Cn2cncc2CNC2CCN(c3ccccc3-c3ccccc3)C2=O)cc1. The number of hydrogen-bond donors (Lipinski definition) is 1. The number of benzene rings is 3. The van der Waals surface area contributed by atoms with Crippen LogP contribution in [0.15, 0.2) is 91.4 Å². The first-order chi connectivity index (χ1) is 16.7. The van der Waals surface area contributed by atoms with Crippen molar-refractivity contribution in [1.82, 2.24) is 14.9 Å². The number of carbonyl (C=O) groups is 1. The molecule has 1 amide bonds. The molecular weight excluding hydrogens is 422 g/mol. The molecule has 3 aromatic carbocycles. The highest BCUT2D eigenvalue weighted by Crippen LogP contribution is 2.33. The Morgan fingerprint density at radius 3 is 2.56 bits per heavy atom. The van der Waals surface area contributed by atoms with Gasteiger partial charge in [-0.1, -0.05) is 60.7 Å². The minimum absolute atomic E-state index is 0.0986. The average Bonchev–Trinajstić information content (AvgIpc) is 3.49. The van der Waals surface area contributed by atoms with Crippen molar-refractivity contribution in [1.29, 1.82) is 5.26 Å². The molecule has 168 valence electrons. The van der Waals surface area contributed by atoms with Crippen LogP contribution < -0.4 is 10.2 Å². The minimum atomic E-state index is -0.234. The van der Waals surface area contributed by atoms with Crippen molar-refractivity contribution in [2.24, 2.45) is 0 Å². The number of nitrogens with one attached hydrogen (secondary N) is 1. The molecule has 0 bridgehead atoms. The summed E-state index contributed by atoms with van der Waals surface area (Å²) < 4.78 is 2.07. The van der Waals surface area contributed by atoms with Gasteiger partial charge in [0.05, 0.1) is 35.4 Å². The lowest BCUT2D eigenvalue weighted by molar-refractivity contribution is -0.118. The summed E-state index contributed by atoms with van der Waals surface area (Å²) in [6.07, 6.45) is 4.39. The molecule has 6 nitrogen and oxygen atoms in total. The van der Waals surface area contributed by atoms with E-state index in [-0.39, 0.29) is 11.9 Å². The minimum Gasteiger partial charge on any atom is -0.329 e. The standard InChI is InChI=1S/C28H25N5O/c29-16-21-10-12-22(13-11-21)19-32-20-30-17-24(32)18-31-26-14-15-33(28(26)34)27-9-5-4-8-25(27)23-6-2-1-3-7-23/h1-13,17,20,26,31H,14-15,18-19H2. The lowest BCUT2D eigenvalue weighted by Gasteiger charge is -2.21. The Hall–Kier alpha value is -4.21. The van der Waals surface area contributed by atoms with E-state index in [4.69, 9.17) is 5.26 Å². The Labute approximate surface area is 199 Å². The van der Waals surface area contributed by atoms with Crippen molar-refractivity contribution in [3.05, 3.63) is 108 Å². The van der Waals surface area contributed by atoms with Crippen molar-refractivity contribution in [3.63, 3.8) is 0 Å². The third-order valence-electron chi connectivity index (χ3n) is 6.25. The summed E-state index contributed by atoms with van der Waals surface area (Å²) in [6.45, 7) is 1.91. The molecule has 1 N–H and O–H groups in total. The number of rotatable bonds is 7. The molecule has 1 atom stereocenters. The zero-order chi connectivity index (χ0) is 23.3. The molecule has 1 aliphatic rings. The van der Waals surface area contributed by atoms with E-state index in [9.17, 15) is 4.79 Å². The van der Waals surface area contributed by atoms with Crippen molar-refractivity contribution in [2.45, 2.75) is 25.6 Å². The van der Waals surface area contributed by atoms with Crippen LogP contribution in [0, 0.1) is 11.3 Å². The van der Waals surface area contributed by atoms with Crippen LogP contribution in [0.1, 0.15) is 23.2 Å². The molecule has 0 spiro atoms. The first-order valence-electron chi connectivity index (χ1n) is 11.4. The summed E-state index contributed by atoms with van der Waals surface area (Å²) in [5, 5.41) is 12.4. The Balaban J connectivity index is 1.26. The van der Waals surface area contributed by atoms with Gasteiger partial charge in [0.2, 0.25) is 5.91 Å². The van der Waals surface area contributed by atoms with Gasteiger partial charge in [-0.3, -0.25) is 4.79 Å². The number of hydrogen-bond acceptors (Lipinski definition) is 4. The summed E-state index contributed by atoms with van der Waals surface area (Å²) >= 11 is 0. The van der Waals surface area contributed by atoms with E-state index in [1.54, 1.807) is 6.33 Å². The number of carbonyl (C=O) groups excluding carboxylic acids is 1. The summed E-state index contributed by atoms with van der Waals surface area (Å²) in [5.41, 5.74) is 5.88. The zero-order valence-electron chi connectivity index (χ0n) is 18.8. The van der Waals surface area contributed by atoms with E-state index < -0.39 is 0 Å². The molecule has 6 heteroatoms. The molecule has 34 heavy (non-hydrogen) atoms. The topological polar surface area (TPSA) is 74.0 Å². The quantitative estimate of drug-likeness (QED) is 0.457. The summed E-state index contributed by atoms with van der Waals surface area (Å²) in [5.74, 6) is 0.0986. The molecule has 1 unspecified atom stereocenters. The fourth-order valence-corrected chi connectivity index (χ4v) is 4.43. The predicted octanol–water partition coefficient (Wildman–Crippen LogP) is 4.37. The van der Waals surface area contributed by atoms with Gasteiger partial charge in [0.1, 0.15) is 0 Å². The smallest absolute Gasteiger partial charge is 0.244 e. The van der Waals surface area contributed by atoms with E-state index in [1.165, 1.54) is 0 Å². The van der Waals surface area contributed by atoms with Crippen molar-refractivity contribution >= 4 is 11.6 Å². The van der Waals surface area contributed by atoms with Crippen molar-refractivity contribution in [2.75, 3.05) is 11.4 Å². The van der Waals surface area contributed by atoms with E-state index >= 15 is 0 Å². The largest absolute Gasteiger partial charge is 0.329 e. The average molecular weight is 448 g/mol. The summed E-state index contributed by atoms with van der Waals surface area (Å²) in [7, 11) is 0. The van der Waals surface area contributed by atoms with Crippen LogP contribution in [-0.4, -0.2) is 28.0 Å². The first-order valence-corrected chi connectivity index (χ1v) is 11.4. The fraction of sp³-hybridized carbons (Fsp3) is 0.179. The maximum atomic E-state index is 13.3. The molecule has 1 fully saturated rings. The van der Waals surface area contributed by atoms with Gasteiger partial charge in [-0.05, 0) is 35.7 Å². The molecule has 1 aromatic heterocycles. The first kappa shape index (κ1) is 21.6. The Morgan fingerprint density at radius 2 is 1.76 bits per heavy atom. The van der Waals surface area contributed by atoms with E-state index in [0.717, 1.165) is 34.5 Å². The Morgan fingerprint density at radius 1 is 1.00 bits per heavy atom. The fourth-order valence-electron chi connectivity index (χ4n) is 4.43. The van der Waals surface area contributed by atoms with Crippen molar-refractivity contribution in [3.8, 4) is 17.2 Å². The van der Waals surface area contributed by atoms with Gasteiger partial charge in [0.15, 0.2) is 0 Å². The second-order valence-corrected chi connectivity index (χ2v) is 8.42. The van der Waals surface area contributed by atoms with Gasteiger partial charge in [-0.25, -0.2) is 4.98 Å². The van der Waals surface area contributed by atoms with Crippen LogP contribution in [0.5, 0.6) is 0 Å². The van der Waals surface area contributed by atoms with E-state index in [0.29, 0.717) is 25.2 Å². The maximum Gasteiger partial charge on any atom is 0.244 e. The maximum absolute atomic E-state index is 13.3.